The summed E-state index contributed by atoms with van der Waals surface area (Å²) in [6.07, 6.45) is -0.684. The first-order valence-electron chi connectivity index (χ1n) is 9.01. The molecule has 1 N–H and O–H groups in total. The molecule has 1 heterocycles. The number of nitrogens with one attached hydrogen (secondary N) is 1. The van der Waals surface area contributed by atoms with Gasteiger partial charge in [0.05, 0.1) is 6.04 Å². The number of hydrogen-bond acceptors (Lipinski definition) is 3. The summed E-state index contributed by atoms with van der Waals surface area (Å²) in [5, 5.41) is 3.13. The van der Waals surface area contributed by atoms with Crippen LogP contribution in [0.25, 0.3) is 0 Å². The van der Waals surface area contributed by atoms with Gasteiger partial charge in [-0.25, -0.2) is 0 Å². The topological polar surface area (TPSA) is 47.6 Å². The highest BCUT2D eigenvalue weighted by molar-refractivity contribution is 5.82. The van der Waals surface area contributed by atoms with E-state index in [1.54, 1.807) is 0 Å². The molecule has 4 nitrogen and oxygen atoms in total. The van der Waals surface area contributed by atoms with Crippen molar-refractivity contribution in [2.45, 2.75) is 19.1 Å². The Labute approximate surface area is 158 Å². The Kier molecular flexibility index (Phi) is 4.79. The summed E-state index contributed by atoms with van der Waals surface area (Å²) in [6.45, 7) is 2.24. The molecule has 3 aromatic rings. The number of ether oxygens (including phenoxy) is 2. The van der Waals surface area contributed by atoms with Gasteiger partial charge in [-0.2, -0.15) is 0 Å². The van der Waals surface area contributed by atoms with Gasteiger partial charge in [-0.3, -0.25) is 4.79 Å². The van der Waals surface area contributed by atoms with E-state index in [1.807, 2.05) is 85.8 Å². The molecule has 136 valence electrons. The van der Waals surface area contributed by atoms with Gasteiger partial charge in [-0.05, 0) is 30.2 Å². The Bertz CT molecular complexity index is 922. The highest BCUT2D eigenvalue weighted by Crippen LogP contribution is 2.31. The summed E-state index contributed by atoms with van der Waals surface area (Å²) in [6, 6.07) is 25.3. The van der Waals surface area contributed by atoms with Gasteiger partial charge in [-0.1, -0.05) is 72.3 Å². The van der Waals surface area contributed by atoms with E-state index in [9.17, 15) is 4.79 Å². The Morgan fingerprint density at radius 3 is 2.26 bits per heavy atom. The summed E-state index contributed by atoms with van der Waals surface area (Å²) in [5.41, 5.74) is 3.22. The van der Waals surface area contributed by atoms with Gasteiger partial charge < -0.3 is 14.8 Å². The van der Waals surface area contributed by atoms with E-state index in [-0.39, 0.29) is 18.6 Å². The fraction of sp³-hybridized carbons (Fsp3) is 0.174. The standard InChI is InChI=1S/C23H21NO3/c1-16-11-13-18(14-12-16)22(17-7-3-2-4-8-17)24-23(25)21-15-26-19-9-5-6-10-20(19)27-21/h2-14,21-22H,15H2,1H3,(H,24,25)/t21-,22+/m0/s1. The molecule has 0 unspecified atom stereocenters. The van der Waals surface area contributed by atoms with E-state index >= 15 is 0 Å². The molecule has 0 radical (unpaired) electrons. The van der Waals surface area contributed by atoms with Crippen LogP contribution in [0.2, 0.25) is 0 Å². The van der Waals surface area contributed by atoms with E-state index in [1.165, 1.54) is 5.56 Å². The van der Waals surface area contributed by atoms with Crippen LogP contribution in [0.5, 0.6) is 11.5 Å². The molecule has 3 aromatic carbocycles. The maximum atomic E-state index is 12.9. The Morgan fingerprint density at radius 2 is 1.52 bits per heavy atom. The summed E-state index contributed by atoms with van der Waals surface area (Å²) in [4.78, 5) is 12.9. The number of fused-ring (bicyclic) bond motifs is 1. The van der Waals surface area contributed by atoms with Gasteiger partial charge in [0.25, 0.3) is 5.91 Å². The fourth-order valence-corrected chi connectivity index (χ4v) is 3.15. The SMILES string of the molecule is Cc1ccc([C@H](NC(=O)[C@@H]2COc3ccccc3O2)c2ccccc2)cc1. The van der Waals surface area contributed by atoms with Crippen LogP contribution in [0.3, 0.4) is 0 Å². The lowest BCUT2D eigenvalue weighted by atomic mass is 9.97. The molecular formula is C23H21NO3. The molecule has 0 saturated heterocycles. The minimum absolute atomic E-state index is 0.193. The highest BCUT2D eigenvalue weighted by Gasteiger charge is 2.29. The molecule has 0 saturated carbocycles. The largest absolute Gasteiger partial charge is 0.485 e. The third-order valence-corrected chi connectivity index (χ3v) is 4.63. The molecule has 0 aromatic heterocycles. The summed E-state index contributed by atoms with van der Waals surface area (Å²) < 4.78 is 11.5. The van der Waals surface area contributed by atoms with Crippen molar-refractivity contribution in [3.05, 3.63) is 95.6 Å². The number of carbonyl (C=O) groups is 1. The first kappa shape index (κ1) is 17.2. The van der Waals surface area contributed by atoms with Crippen LogP contribution in [-0.2, 0) is 4.79 Å². The minimum Gasteiger partial charge on any atom is -0.485 e. The third kappa shape index (κ3) is 3.80. The van der Waals surface area contributed by atoms with Gasteiger partial charge in [0.15, 0.2) is 11.5 Å². The van der Waals surface area contributed by atoms with Crippen LogP contribution in [0.4, 0.5) is 0 Å². The molecule has 4 rings (SSSR count). The van der Waals surface area contributed by atoms with Crippen LogP contribution >= 0.6 is 0 Å². The zero-order valence-electron chi connectivity index (χ0n) is 15.1. The normalized spacial score (nSPS) is 16.4. The van der Waals surface area contributed by atoms with Crippen molar-refractivity contribution in [1.82, 2.24) is 5.32 Å². The first-order valence-corrected chi connectivity index (χ1v) is 9.01. The second-order valence-electron chi connectivity index (χ2n) is 6.63. The van der Waals surface area contributed by atoms with Crippen molar-refractivity contribution in [1.29, 1.82) is 0 Å². The van der Waals surface area contributed by atoms with Gasteiger partial charge >= 0.3 is 0 Å². The Balaban J connectivity index is 1.57. The monoisotopic (exact) mass is 359 g/mol. The predicted octanol–water partition coefficient (Wildman–Crippen LogP) is 4.04. The Hall–Kier alpha value is -3.27. The van der Waals surface area contributed by atoms with Gasteiger partial charge in [0.2, 0.25) is 6.10 Å². The zero-order valence-corrected chi connectivity index (χ0v) is 15.1. The van der Waals surface area contributed by atoms with E-state index in [4.69, 9.17) is 9.47 Å². The Morgan fingerprint density at radius 1 is 0.889 bits per heavy atom. The van der Waals surface area contributed by atoms with Crippen LogP contribution in [0.1, 0.15) is 22.7 Å². The van der Waals surface area contributed by atoms with Crippen LogP contribution in [0.15, 0.2) is 78.9 Å². The van der Waals surface area contributed by atoms with Crippen LogP contribution in [0, 0.1) is 6.92 Å². The molecule has 27 heavy (non-hydrogen) atoms. The number of aryl methyl sites for hydroxylation is 1. The molecule has 0 bridgehead atoms. The average molecular weight is 359 g/mol. The lowest BCUT2D eigenvalue weighted by molar-refractivity contribution is -0.130. The van der Waals surface area contributed by atoms with Crippen molar-refractivity contribution in [3.63, 3.8) is 0 Å². The smallest absolute Gasteiger partial charge is 0.265 e. The number of carbonyl (C=O) groups excluding carboxylic acids is 1. The summed E-state index contributed by atoms with van der Waals surface area (Å²) in [5.74, 6) is 1.06. The van der Waals surface area contributed by atoms with Gasteiger partial charge in [-0.15, -0.1) is 0 Å². The van der Waals surface area contributed by atoms with E-state index in [0.29, 0.717) is 11.5 Å². The number of para-hydroxylation sites is 2. The third-order valence-electron chi connectivity index (χ3n) is 4.63. The van der Waals surface area contributed by atoms with Crippen molar-refractivity contribution in [3.8, 4) is 11.5 Å². The van der Waals surface area contributed by atoms with E-state index in [0.717, 1.165) is 11.1 Å². The average Bonchev–Trinajstić information content (AvgIpc) is 2.73. The molecule has 0 spiro atoms. The molecular weight excluding hydrogens is 338 g/mol. The lowest BCUT2D eigenvalue weighted by Gasteiger charge is -2.28. The van der Waals surface area contributed by atoms with Crippen LogP contribution in [-0.4, -0.2) is 18.6 Å². The maximum Gasteiger partial charge on any atom is 0.265 e. The van der Waals surface area contributed by atoms with Gasteiger partial charge in [0, 0.05) is 0 Å². The molecule has 1 aliphatic rings. The first-order chi connectivity index (χ1) is 13.2. The van der Waals surface area contributed by atoms with Crippen LogP contribution < -0.4 is 14.8 Å². The molecule has 1 amide bonds. The number of benzene rings is 3. The highest BCUT2D eigenvalue weighted by atomic mass is 16.6. The van der Waals surface area contributed by atoms with Crippen molar-refractivity contribution < 1.29 is 14.3 Å². The molecule has 1 aliphatic heterocycles. The quantitative estimate of drug-likeness (QED) is 0.765. The number of rotatable bonds is 4. The van der Waals surface area contributed by atoms with Gasteiger partial charge in [0.1, 0.15) is 6.61 Å². The fourth-order valence-electron chi connectivity index (χ4n) is 3.15. The maximum absolute atomic E-state index is 12.9. The molecule has 4 heteroatoms. The second-order valence-corrected chi connectivity index (χ2v) is 6.63. The predicted molar refractivity (Wildman–Crippen MR) is 104 cm³/mol. The second kappa shape index (κ2) is 7.54. The summed E-state index contributed by atoms with van der Waals surface area (Å²) >= 11 is 0. The summed E-state index contributed by atoms with van der Waals surface area (Å²) in [7, 11) is 0. The molecule has 0 aliphatic carbocycles. The minimum atomic E-state index is -0.684. The van der Waals surface area contributed by atoms with Crippen molar-refractivity contribution >= 4 is 5.91 Å². The van der Waals surface area contributed by atoms with E-state index in [2.05, 4.69) is 5.32 Å². The number of amides is 1. The van der Waals surface area contributed by atoms with Crippen molar-refractivity contribution in [2.75, 3.05) is 6.61 Å². The molecule has 0 fully saturated rings. The van der Waals surface area contributed by atoms with E-state index < -0.39 is 6.10 Å². The lowest BCUT2D eigenvalue weighted by Crippen LogP contribution is -2.45. The molecule has 2 atom stereocenters. The number of hydrogen-bond donors (Lipinski definition) is 1. The van der Waals surface area contributed by atoms with Crippen molar-refractivity contribution in [2.24, 2.45) is 0 Å². The zero-order chi connectivity index (χ0) is 18.6.